The van der Waals surface area contributed by atoms with E-state index in [0.717, 1.165) is 44.0 Å². The molecule has 0 bridgehead atoms. The lowest BCUT2D eigenvalue weighted by molar-refractivity contribution is 0.0816. The Morgan fingerprint density at radius 1 is 1.25 bits per heavy atom. The highest BCUT2D eigenvalue weighted by Gasteiger charge is 2.31. The summed E-state index contributed by atoms with van der Waals surface area (Å²) in [6, 6.07) is 3.58. The number of ether oxygens (including phenoxy) is 1. The van der Waals surface area contributed by atoms with Gasteiger partial charge in [0.1, 0.15) is 11.9 Å². The first-order valence-corrected chi connectivity index (χ1v) is 7.49. The zero-order chi connectivity index (χ0) is 14.5. The monoisotopic (exact) mass is 283 g/mol. The Bertz CT molecular complexity index is 438. The lowest BCUT2D eigenvalue weighted by atomic mass is 9.82. The Morgan fingerprint density at radius 3 is 2.75 bits per heavy atom. The van der Waals surface area contributed by atoms with Gasteiger partial charge in [-0.2, -0.15) is 0 Å². The van der Waals surface area contributed by atoms with Gasteiger partial charge in [0.2, 0.25) is 0 Å². The maximum absolute atomic E-state index is 13.7. The second-order valence-electron chi connectivity index (χ2n) is 5.48. The Labute approximate surface area is 119 Å². The summed E-state index contributed by atoms with van der Waals surface area (Å²) in [5, 5.41) is 3.39. The molecule has 0 amide bonds. The van der Waals surface area contributed by atoms with Gasteiger partial charge >= 0.3 is 0 Å². The van der Waals surface area contributed by atoms with Crippen LogP contribution in [0.5, 0.6) is 5.75 Å². The summed E-state index contributed by atoms with van der Waals surface area (Å²) in [4.78, 5) is 0. The normalized spacial score (nSPS) is 26.5. The Kier molecular flexibility index (Phi) is 5.35. The summed E-state index contributed by atoms with van der Waals surface area (Å²) in [7, 11) is 0. The fourth-order valence-electron chi connectivity index (χ4n) is 2.94. The molecule has 4 heteroatoms. The van der Waals surface area contributed by atoms with Crippen molar-refractivity contribution in [3.8, 4) is 5.75 Å². The van der Waals surface area contributed by atoms with Gasteiger partial charge in [-0.05, 0) is 43.9 Å². The van der Waals surface area contributed by atoms with Crippen molar-refractivity contribution in [2.75, 3.05) is 6.54 Å². The quantitative estimate of drug-likeness (QED) is 0.885. The van der Waals surface area contributed by atoms with Crippen LogP contribution in [-0.2, 0) is 0 Å². The van der Waals surface area contributed by atoms with Gasteiger partial charge in [-0.25, -0.2) is 8.78 Å². The van der Waals surface area contributed by atoms with Crippen molar-refractivity contribution in [3.63, 3.8) is 0 Å². The van der Waals surface area contributed by atoms with Crippen LogP contribution in [0.4, 0.5) is 8.78 Å². The van der Waals surface area contributed by atoms with E-state index in [1.54, 1.807) is 0 Å². The fraction of sp³-hybridized carbons (Fsp3) is 0.625. The predicted octanol–water partition coefficient (Wildman–Crippen LogP) is 3.90. The van der Waals surface area contributed by atoms with Gasteiger partial charge in [-0.3, -0.25) is 0 Å². The molecule has 1 aromatic carbocycles. The summed E-state index contributed by atoms with van der Waals surface area (Å²) in [6.45, 7) is 5.07. The van der Waals surface area contributed by atoms with E-state index < -0.39 is 11.6 Å². The van der Waals surface area contributed by atoms with Crippen LogP contribution in [0.1, 0.15) is 39.5 Å². The SMILES string of the molecule is CCNC1CCC(CC)CC1Oc1cc(F)ccc1F. The van der Waals surface area contributed by atoms with E-state index in [1.807, 2.05) is 6.92 Å². The third kappa shape index (κ3) is 3.69. The van der Waals surface area contributed by atoms with Gasteiger partial charge < -0.3 is 10.1 Å². The van der Waals surface area contributed by atoms with E-state index in [-0.39, 0.29) is 17.9 Å². The molecule has 3 unspecified atom stereocenters. The highest BCUT2D eigenvalue weighted by molar-refractivity contribution is 5.25. The first kappa shape index (κ1) is 15.2. The Morgan fingerprint density at radius 2 is 2.05 bits per heavy atom. The number of halogens is 2. The van der Waals surface area contributed by atoms with Gasteiger partial charge in [-0.1, -0.05) is 20.3 Å². The zero-order valence-electron chi connectivity index (χ0n) is 12.2. The largest absolute Gasteiger partial charge is 0.486 e. The topological polar surface area (TPSA) is 21.3 Å². The van der Waals surface area contributed by atoms with Crippen LogP contribution >= 0.6 is 0 Å². The molecule has 0 spiro atoms. The van der Waals surface area contributed by atoms with Gasteiger partial charge in [0.25, 0.3) is 0 Å². The third-order valence-corrected chi connectivity index (χ3v) is 4.12. The Hall–Kier alpha value is -1.16. The highest BCUT2D eigenvalue weighted by atomic mass is 19.1. The number of benzene rings is 1. The maximum Gasteiger partial charge on any atom is 0.165 e. The molecule has 1 aliphatic carbocycles. The number of rotatable bonds is 5. The molecule has 0 heterocycles. The van der Waals surface area contributed by atoms with Gasteiger partial charge in [0, 0.05) is 12.1 Å². The van der Waals surface area contributed by atoms with Crippen LogP contribution in [0.25, 0.3) is 0 Å². The van der Waals surface area contributed by atoms with Crippen LogP contribution in [0, 0.1) is 17.6 Å². The van der Waals surface area contributed by atoms with Crippen molar-refractivity contribution < 1.29 is 13.5 Å². The number of likely N-dealkylation sites (N-methyl/N-ethyl adjacent to an activating group) is 1. The van der Waals surface area contributed by atoms with Crippen LogP contribution in [-0.4, -0.2) is 18.7 Å². The van der Waals surface area contributed by atoms with Crippen molar-refractivity contribution in [1.29, 1.82) is 0 Å². The molecule has 2 rings (SSSR count). The van der Waals surface area contributed by atoms with E-state index >= 15 is 0 Å². The van der Waals surface area contributed by atoms with E-state index in [2.05, 4.69) is 12.2 Å². The molecule has 20 heavy (non-hydrogen) atoms. The summed E-state index contributed by atoms with van der Waals surface area (Å²) in [5.74, 6) is -0.342. The molecule has 1 fully saturated rings. The van der Waals surface area contributed by atoms with Crippen molar-refractivity contribution in [1.82, 2.24) is 5.32 Å². The number of hydrogen-bond acceptors (Lipinski definition) is 2. The number of hydrogen-bond donors (Lipinski definition) is 1. The molecule has 112 valence electrons. The molecule has 1 saturated carbocycles. The summed E-state index contributed by atoms with van der Waals surface area (Å²) in [5.41, 5.74) is 0. The Balaban J connectivity index is 2.11. The zero-order valence-corrected chi connectivity index (χ0v) is 12.2. The second kappa shape index (κ2) is 7.02. The van der Waals surface area contributed by atoms with E-state index in [9.17, 15) is 8.78 Å². The molecule has 0 radical (unpaired) electrons. The van der Waals surface area contributed by atoms with E-state index in [4.69, 9.17) is 4.74 Å². The molecule has 1 N–H and O–H groups in total. The molecule has 1 aromatic rings. The van der Waals surface area contributed by atoms with Gasteiger partial charge in [-0.15, -0.1) is 0 Å². The van der Waals surface area contributed by atoms with Gasteiger partial charge in [0.05, 0.1) is 0 Å². The van der Waals surface area contributed by atoms with Crippen molar-refractivity contribution in [2.45, 2.75) is 51.7 Å². The third-order valence-electron chi connectivity index (χ3n) is 4.12. The summed E-state index contributed by atoms with van der Waals surface area (Å²) < 4.78 is 32.7. The molecule has 2 nitrogen and oxygen atoms in total. The first-order valence-electron chi connectivity index (χ1n) is 7.49. The van der Waals surface area contributed by atoms with Crippen molar-refractivity contribution >= 4 is 0 Å². The van der Waals surface area contributed by atoms with E-state index in [0.29, 0.717) is 5.92 Å². The predicted molar refractivity (Wildman–Crippen MR) is 75.9 cm³/mol. The number of nitrogens with one attached hydrogen (secondary N) is 1. The minimum atomic E-state index is -0.500. The standard InChI is InChI=1S/C16H23F2NO/c1-3-11-5-8-14(19-4-2)16(9-11)20-15-10-12(17)6-7-13(15)18/h6-7,10-11,14,16,19H,3-5,8-9H2,1-2H3. The maximum atomic E-state index is 13.7. The lowest BCUT2D eigenvalue weighted by Gasteiger charge is -2.36. The molecule has 3 atom stereocenters. The molecular weight excluding hydrogens is 260 g/mol. The summed E-state index contributed by atoms with van der Waals surface area (Å²) >= 11 is 0. The molecule has 0 aromatic heterocycles. The fourth-order valence-corrected chi connectivity index (χ4v) is 2.94. The minimum Gasteiger partial charge on any atom is -0.486 e. The molecule has 1 aliphatic rings. The molecular formula is C16H23F2NO. The van der Waals surface area contributed by atoms with Crippen LogP contribution < -0.4 is 10.1 Å². The lowest BCUT2D eigenvalue weighted by Crippen LogP contribution is -2.47. The average molecular weight is 283 g/mol. The smallest absolute Gasteiger partial charge is 0.165 e. The van der Waals surface area contributed by atoms with Crippen LogP contribution in [0.2, 0.25) is 0 Å². The molecule has 0 aliphatic heterocycles. The second-order valence-corrected chi connectivity index (χ2v) is 5.48. The first-order chi connectivity index (χ1) is 9.63. The summed E-state index contributed by atoms with van der Waals surface area (Å²) in [6.07, 6.45) is 4.09. The van der Waals surface area contributed by atoms with Crippen molar-refractivity contribution in [3.05, 3.63) is 29.8 Å². The van der Waals surface area contributed by atoms with Crippen LogP contribution in [0.15, 0.2) is 18.2 Å². The van der Waals surface area contributed by atoms with Crippen molar-refractivity contribution in [2.24, 2.45) is 5.92 Å². The van der Waals surface area contributed by atoms with E-state index in [1.165, 1.54) is 6.42 Å². The highest BCUT2D eigenvalue weighted by Crippen LogP contribution is 2.31. The van der Waals surface area contributed by atoms with Gasteiger partial charge in [0.15, 0.2) is 11.6 Å². The molecule has 0 saturated heterocycles. The van der Waals surface area contributed by atoms with Crippen LogP contribution in [0.3, 0.4) is 0 Å². The average Bonchev–Trinajstić information content (AvgIpc) is 2.45. The minimum absolute atomic E-state index is 0.0228.